The van der Waals surface area contributed by atoms with Crippen molar-refractivity contribution < 1.29 is 4.79 Å². The largest absolute Gasteiger partial charge is 0.355 e. The molecule has 0 bridgehead atoms. The molecule has 4 nitrogen and oxygen atoms in total. The molecule has 0 unspecified atom stereocenters. The second-order valence-electron chi connectivity index (χ2n) is 5.94. The molecule has 1 aliphatic rings. The maximum Gasteiger partial charge on any atom is 0.247 e. The normalized spacial score (nSPS) is 20.2. The summed E-state index contributed by atoms with van der Waals surface area (Å²) >= 11 is 6.40. The van der Waals surface area contributed by atoms with E-state index in [0.717, 1.165) is 17.8 Å². The monoisotopic (exact) mass is 295 g/mol. The fourth-order valence-electron chi connectivity index (χ4n) is 2.66. The first kappa shape index (κ1) is 15.1. The van der Waals surface area contributed by atoms with Gasteiger partial charge in [0.05, 0.1) is 10.7 Å². The predicted molar refractivity (Wildman–Crippen MR) is 83.1 cm³/mol. The van der Waals surface area contributed by atoms with E-state index >= 15 is 0 Å². The quantitative estimate of drug-likeness (QED) is 0.911. The van der Waals surface area contributed by atoms with Crippen LogP contribution in [-0.2, 0) is 4.79 Å². The average Bonchev–Trinajstić information content (AvgIpc) is 2.37. The van der Waals surface area contributed by atoms with Gasteiger partial charge in [-0.25, -0.2) is 0 Å². The van der Waals surface area contributed by atoms with Gasteiger partial charge in [-0.2, -0.15) is 0 Å². The maximum absolute atomic E-state index is 12.3. The van der Waals surface area contributed by atoms with Gasteiger partial charge < -0.3 is 15.5 Å². The van der Waals surface area contributed by atoms with Gasteiger partial charge in [-0.15, -0.1) is 0 Å². The molecule has 0 spiro atoms. The molecule has 2 rings (SSSR count). The molecule has 1 aromatic carbocycles. The minimum atomic E-state index is -0.591. The number of hydrogen-bond donors (Lipinski definition) is 1. The molecule has 20 heavy (non-hydrogen) atoms. The van der Waals surface area contributed by atoms with Crippen molar-refractivity contribution in [2.45, 2.75) is 32.4 Å². The van der Waals surface area contributed by atoms with E-state index in [2.05, 4.69) is 4.90 Å². The van der Waals surface area contributed by atoms with Crippen LogP contribution in [0.4, 0.5) is 5.69 Å². The number of rotatable bonds is 2. The summed E-state index contributed by atoms with van der Waals surface area (Å²) in [6.45, 7) is 7.26. The van der Waals surface area contributed by atoms with Crippen LogP contribution in [0.3, 0.4) is 0 Å². The van der Waals surface area contributed by atoms with Gasteiger partial charge >= 0.3 is 0 Å². The van der Waals surface area contributed by atoms with Crippen molar-refractivity contribution >= 4 is 23.2 Å². The Kier molecular flexibility index (Phi) is 3.98. The number of piperazine rings is 1. The van der Waals surface area contributed by atoms with Crippen LogP contribution in [0.1, 0.15) is 32.4 Å². The summed E-state index contributed by atoms with van der Waals surface area (Å²) in [6.07, 6.45) is 0. The third-order valence-electron chi connectivity index (χ3n) is 3.99. The van der Waals surface area contributed by atoms with E-state index in [4.69, 9.17) is 17.3 Å². The van der Waals surface area contributed by atoms with Crippen molar-refractivity contribution in [2.75, 3.05) is 25.0 Å². The van der Waals surface area contributed by atoms with Gasteiger partial charge in [-0.3, -0.25) is 4.79 Å². The SMILES string of the molecule is C[C@H](N)c1ccc(N2CCN(C)C(=O)C2(C)C)c(Cl)c1. The number of amides is 1. The van der Waals surface area contributed by atoms with Crippen LogP contribution in [0, 0.1) is 0 Å². The van der Waals surface area contributed by atoms with E-state index < -0.39 is 5.54 Å². The molecule has 1 fully saturated rings. The number of carbonyl (C=O) groups excluding carboxylic acids is 1. The van der Waals surface area contributed by atoms with E-state index in [-0.39, 0.29) is 11.9 Å². The lowest BCUT2D eigenvalue weighted by molar-refractivity contribution is -0.136. The van der Waals surface area contributed by atoms with E-state index in [0.29, 0.717) is 11.6 Å². The third kappa shape index (κ3) is 2.50. The van der Waals surface area contributed by atoms with Crippen LogP contribution < -0.4 is 10.6 Å². The molecular formula is C15H22ClN3O. The van der Waals surface area contributed by atoms with Crippen LogP contribution in [0.15, 0.2) is 18.2 Å². The summed E-state index contributed by atoms with van der Waals surface area (Å²) in [7, 11) is 1.84. The first-order valence-electron chi connectivity index (χ1n) is 6.83. The fraction of sp³-hybridized carbons (Fsp3) is 0.533. The molecule has 1 amide bonds. The maximum atomic E-state index is 12.3. The minimum absolute atomic E-state index is 0.0521. The highest BCUT2D eigenvalue weighted by molar-refractivity contribution is 6.33. The number of hydrogen-bond acceptors (Lipinski definition) is 3. The van der Waals surface area contributed by atoms with Crippen molar-refractivity contribution in [1.82, 2.24) is 4.90 Å². The Morgan fingerprint density at radius 2 is 2.00 bits per heavy atom. The van der Waals surface area contributed by atoms with Crippen LogP contribution in [0.5, 0.6) is 0 Å². The summed E-state index contributed by atoms with van der Waals surface area (Å²) in [5.74, 6) is 0.107. The fourth-order valence-corrected chi connectivity index (χ4v) is 2.95. The minimum Gasteiger partial charge on any atom is -0.355 e. The lowest BCUT2D eigenvalue weighted by Gasteiger charge is -2.46. The Balaban J connectivity index is 2.39. The number of benzene rings is 1. The van der Waals surface area contributed by atoms with Crippen molar-refractivity contribution in [3.05, 3.63) is 28.8 Å². The highest BCUT2D eigenvalue weighted by Gasteiger charge is 2.41. The van der Waals surface area contributed by atoms with Crippen LogP contribution in [-0.4, -0.2) is 36.5 Å². The second kappa shape index (κ2) is 5.26. The Labute approximate surface area is 125 Å². The van der Waals surface area contributed by atoms with E-state index in [1.54, 1.807) is 4.90 Å². The number of nitrogens with zero attached hydrogens (tertiary/aromatic N) is 2. The zero-order chi connectivity index (χ0) is 15.1. The highest BCUT2D eigenvalue weighted by Crippen LogP contribution is 2.35. The summed E-state index contributed by atoms with van der Waals surface area (Å²) in [5, 5.41) is 0.644. The molecule has 0 saturated carbocycles. The molecule has 110 valence electrons. The summed E-state index contributed by atoms with van der Waals surface area (Å²) in [5.41, 5.74) is 7.17. The molecule has 0 aromatic heterocycles. The van der Waals surface area contributed by atoms with Crippen LogP contribution in [0.25, 0.3) is 0 Å². The number of halogens is 1. The molecule has 1 heterocycles. The molecule has 2 N–H and O–H groups in total. The van der Waals surface area contributed by atoms with Gasteiger partial charge in [-0.05, 0) is 38.5 Å². The smallest absolute Gasteiger partial charge is 0.247 e. The number of carbonyl (C=O) groups is 1. The lowest BCUT2D eigenvalue weighted by atomic mass is 9.96. The molecule has 1 atom stereocenters. The van der Waals surface area contributed by atoms with Crippen LogP contribution >= 0.6 is 11.6 Å². The lowest BCUT2D eigenvalue weighted by Crippen LogP contribution is -2.62. The van der Waals surface area contributed by atoms with Gasteiger partial charge in [0.25, 0.3) is 0 Å². The molecule has 1 aliphatic heterocycles. The Morgan fingerprint density at radius 3 is 2.55 bits per heavy atom. The first-order chi connectivity index (χ1) is 9.25. The highest BCUT2D eigenvalue weighted by atomic mass is 35.5. The molecule has 0 radical (unpaired) electrons. The van der Waals surface area contributed by atoms with Crippen molar-refractivity contribution in [1.29, 1.82) is 0 Å². The summed E-state index contributed by atoms with van der Waals surface area (Å²) in [4.78, 5) is 16.2. The topological polar surface area (TPSA) is 49.6 Å². The van der Waals surface area contributed by atoms with Crippen molar-refractivity contribution in [3.63, 3.8) is 0 Å². The van der Waals surface area contributed by atoms with E-state index in [9.17, 15) is 4.79 Å². The average molecular weight is 296 g/mol. The number of anilines is 1. The van der Waals surface area contributed by atoms with Crippen molar-refractivity contribution in [3.8, 4) is 0 Å². The number of likely N-dealkylation sites (N-methyl/N-ethyl adjacent to an activating group) is 1. The van der Waals surface area contributed by atoms with Gasteiger partial charge in [0.1, 0.15) is 5.54 Å². The molecule has 1 saturated heterocycles. The third-order valence-corrected chi connectivity index (χ3v) is 4.29. The Bertz CT molecular complexity index is 528. The van der Waals surface area contributed by atoms with Gasteiger partial charge in [0.15, 0.2) is 0 Å². The van der Waals surface area contributed by atoms with E-state index in [1.165, 1.54) is 0 Å². The van der Waals surface area contributed by atoms with Gasteiger partial charge in [-0.1, -0.05) is 17.7 Å². The Morgan fingerprint density at radius 1 is 1.35 bits per heavy atom. The van der Waals surface area contributed by atoms with Crippen molar-refractivity contribution in [2.24, 2.45) is 5.73 Å². The standard InChI is InChI=1S/C15H22ClN3O/c1-10(17)11-5-6-13(12(16)9-11)19-8-7-18(4)14(20)15(19,2)3/h5-6,9-10H,7-8,17H2,1-4H3/t10-/m0/s1. The van der Waals surface area contributed by atoms with Gasteiger partial charge in [0, 0.05) is 26.2 Å². The zero-order valence-corrected chi connectivity index (χ0v) is 13.2. The number of nitrogens with two attached hydrogens (primary N) is 1. The summed E-state index contributed by atoms with van der Waals surface area (Å²) < 4.78 is 0. The predicted octanol–water partition coefficient (Wildman–Crippen LogP) is 2.42. The molecular weight excluding hydrogens is 274 g/mol. The first-order valence-corrected chi connectivity index (χ1v) is 7.21. The van der Waals surface area contributed by atoms with E-state index in [1.807, 2.05) is 46.0 Å². The molecule has 5 heteroatoms. The molecule has 1 aromatic rings. The van der Waals surface area contributed by atoms with Crippen LogP contribution in [0.2, 0.25) is 5.02 Å². The van der Waals surface area contributed by atoms with Gasteiger partial charge in [0.2, 0.25) is 5.91 Å². The summed E-state index contributed by atoms with van der Waals surface area (Å²) in [6, 6.07) is 5.77. The zero-order valence-electron chi connectivity index (χ0n) is 12.5. The second-order valence-corrected chi connectivity index (χ2v) is 6.34. The molecule has 0 aliphatic carbocycles. The Hall–Kier alpha value is -1.26.